The lowest BCUT2D eigenvalue weighted by atomic mass is 10.1. The van der Waals surface area contributed by atoms with E-state index in [0.29, 0.717) is 0 Å². The van der Waals surface area contributed by atoms with Gasteiger partial charge in [0.25, 0.3) is 0 Å². The summed E-state index contributed by atoms with van der Waals surface area (Å²) >= 11 is 1.81. The molecule has 1 fully saturated rings. The lowest BCUT2D eigenvalue weighted by molar-refractivity contribution is 0.245. The highest BCUT2D eigenvalue weighted by molar-refractivity contribution is 7.18. The molecule has 1 aromatic carbocycles. The molecule has 4 rings (SSSR count). The van der Waals surface area contributed by atoms with E-state index >= 15 is 0 Å². The third kappa shape index (κ3) is 2.11. The third-order valence-corrected chi connectivity index (χ3v) is 5.50. The van der Waals surface area contributed by atoms with E-state index in [2.05, 4.69) is 11.0 Å². The molecular weight excluding hydrogens is 254 g/mol. The molecule has 2 nitrogen and oxygen atoms in total. The summed E-state index contributed by atoms with van der Waals surface area (Å²) < 4.78 is 1.14. The van der Waals surface area contributed by atoms with Gasteiger partial charge >= 0.3 is 0 Å². The SMILES string of the molecule is O=c1c2c(sc3ccccc13)CCN(CC1CC1)C2. The first kappa shape index (κ1) is 11.6. The largest absolute Gasteiger partial charge is 0.298 e. The van der Waals surface area contributed by atoms with Crippen LogP contribution in [0.2, 0.25) is 0 Å². The molecule has 0 atom stereocenters. The Morgan fingerprint density at radius 3 is 2.95 bits per heavy atom. The van der Waals surface area contributed by atoms with Crippen LogP contribution in [0.1, 0.15) is 23.3 Å². The van der Waals surface area contributed by atoms with Crippen LogP contribution in [-0.2, 0) is 13.0 Å². The molecule has 0 spiro atoms. The summed E-state index contributed by atoms with van der Waals surface area (Å²) in [6.07, 6.45) is 3.81. The van der Waals surface area contributed by atoms with Crippen molar-refractivity contribution in [2.24, 2.45) is 5.92 Å². The monoisotopic (exact) mass is 271 g/mol. The summed E-state index contributed by atoms with van der Waals surface area (Å²) in [7, 11) is 0. The molecule has 2 aromatic rings. The van der Waals surface area contributed by atoms with Crippen LogP contribution >= 0.6 is 11.3 Å². The predicted molar refractivity (Wildman–Crippen MR) is 79.8 cm³/mol. The second-order valence-electron chi connectivity index (χ2n) is 5.76. The van der Waals surface area contributed by atoms with Crippen LogP contribution in [0, 0.1) is 5.92 Å². The van der Waals surface area contributed by atoms with Crippen molar-refractivity contribution in [3.05, 3.63) is 44.9 Å². The predicted octanol–water partition coefficient (Wildman–Crippen LogP) is 3.03. The molecule has 3 heteroatoms. The molecule has 1 saturated carbocycles. The van der Waals surface area contributed by atoms with Gasteiger partial charge in [-0.15, -0.1) is 11.3 Å². The van der Waals surface area contributed by atoms with Gasteiger partial charge in [0.15, 0.2) is 5.43 Å². The number of nitrogens with zero attached hydrogens (tertiary/aromatic N) is 1. The van der Waals surface area contributed by atoms with E-state index < -0.39 is 0 Å². The van der Waals surface area contributed by atoms with Gasteiger partial charge in [-0.25, -0.2) is 0 Å². The second kappa shape index (κ2) is 4.43. The van der Waals surface area contributed by atoms with E-state index in [1.54, 1.807) is 0 Å². The molecule has 0 saturated heterocycles. The van der Waals surface area contributed by atoms with Crippen LogP contribution in [0.4, 0.5) is 0 Å². The minimum Gasteiger partial charge on any atom is -0.298 e. The average molecular weight is 271 g/mol. The lowest BCUT2D eigenvalue weighted by Gasteiger charge is -2.28. The standard InChI is InChI=1S/C16H17NOS/c18-16-12-3-1-2-4-14(12)19-15-7-8-17(10-13(15)16)9-11-5-6-11/h1-4,11H,5-10H2. The molecule has 2 aliphatic rings. The zero-order valence-corrected chi connectivity index (χ0v) is 11.7. The van der Waals surface area contributed by atoms with E-state index in [1.807, 2.05) is 29.5 Å². The maximum Gasteiger partial charge on any atom is 0.192 e. The number of hydrogen-bond donors (Lipinski definition) is 0. The first-order valence-corrected chi connectivity index (χ1v) is 7.89. The van der Waals surface area contributed by atoms with Crippen LogP contribution < -0.4 is 5.43 Å². The fraction of sp³-hybridized carbons (Fsp3) is 0.438. The normalized spacial score (nSPS) is 19.6. The number of hydrogen-bond acceptors (Lipinski definition) is 3. The minimum absolute atomic E-state index is 0.268. The molecule has 1 aliphatic heterocycles. The van der Waals surface area contributed by atoms with Crippen molar-refractivity contribution in [3.63, 3.8) is 0 Å². The Balaban J connectivity index is 1.76. The molecular formula is C16H17NOS. The quantitative estimate of drug-likeness (QED) is 0.837. The van der Waals surface area contributed by atoms with Crippen LogP contribution in [0.25, 0.3) is 10.1 Å². The van der Waals surface area contributed by atoms with Gasteiger partial charge in [0.2, 0.25) is 0 Å². The van der Waals surface area contributed by atoms with Gasteiger partial charge in [-0.3, -0.25) is 9.69 Å². The van der Waals surface area contributed by atoms with Crippen molar-refractivity contribution in [1.82, 2.24) is 4.90 Å². The Hall–Kier alpha value is -1.19. The molecule has 19 heavy (non-hydrogen) atoms. The van der Waals surface area contributed by atoms with E-state index in [0.717, 1.165) is 41.1 Å². The Kier molecular flexibility index (Phi) is 2.71. The molecule has 1 aromatic heterocycles. The number of benzene rings is 1. The van der Waals surface area contributed by atoms with Crippen molar-refractivity contribution >= 4 is 21.4 Å². The molecule has 1 aliphatic carbocycles. The summed E-state index contributed by atoms with van der Waals surface area (Å²) in [5.74, 6) is 0.904. The molecule has 0 radical (unpaired) electrons. The zero-order valence-electron chi connectivity index (χ0n) is 10.9. The Morgan fingerprint density at radius 1 is 1.26 bits per heavy atom. The zero-order chi connectivity index (χ0) is 12.8. The van der Waals surface area contributed by atoms with Gasteiger partial charge in [-0.2, -0.15) is 0 Å². The second-order valence-corrected chi connectivity index (χ2v) is 6.89. The highest BCUT2D eigenvalue weighted by Gasteiger charge is 2.27. The van der Waals surface area contributed by atoms with Crippen molar-refractivity contribution < 1.29 is 0 Å². The van der Waals surface area contributed by atoms with Gasteiger partial charge < -0.3 is 0 Å². The molecule has 0 N–H and O–H groups in total. The van der Waals surface area contributed by atoms with Crippen LogP contribution in [-0.4, -0.2) is 18.0 Å². The lowest BCUT2D eigenvalue weighted by Crippen LogP contribution is -2.34. The average Bonchev–Trinajstić information content (AvgIpc) is 3.24. The highest BCUT2D eigenvalue weighted by atomic mass is 32.1. The Bertz CT molecular complexity index is 687. The highest BCUT2D eigenvalue weighted by Crippen LogP contribution is 2.32. The minimum atomic E-state index is 0.268. The summed E-state index contributed by atoms with van der Waals surface area (Å²) in [6.45, 7) is 3.18. The van der Waals surface area contributed by atoms with Crippen LogP contribution in [0.3, 0.4) is 0 Å². The maximum absolute atomic E-state index is 12.6. The Labute approximate surface area is 116 Å². The first-order chi connectivity index (χ1) is 9.31. The molecule has 98 valence electrons. The van der Waals surface area contributed by atoms with Crippen molar-refractivity contribution in [2.75, 3.05) is 13.1 Å². The smallest absolute Gasteiger partial charge is 0.192 e. The maximum atomic E-state index is 12.6. The van der Waals surface area contributed by atoms with Gasteiger partial charge in [0.05, 0.1) is 0 Å². The fourth-order valence-electron chi connectivity index (χ4n) is 2.97. The molecule has 0 bridgehead atoms. The van der Waals surface area contributed by atoms with E-state index in [-0.39, 0.29) is 5.43 Å². The fourth-order valence-corrected chi connectivity index (χ4v) is 4.13. The van der Waals surface area contributed by atoms with Crippen molar-refractivity contribution in [3.8, 4) is 0 Å². The van der Waals surface area contributed by atoms with Gasteiger partial charge in [-0.1, -0.05) is 12.1 Å². The van der Waals surface area contributed by atoms with Gasteiger partial charge in [0, 0.05) is 40.2 Å². The van der Waals surface area contributed by atoms with E-state index in [1.165, 1.54) is 24.3 Å². The molecule has 0 amide bonds. The third-order valence-electron chi connectivity index (χ3n) is 4.23. The summed E-state index contributed by atoms with van der Waals surface area (Å²) in [4.78, 5) is 16.4. The summed E-state index contributed by atoms with van der Waals surface area (Å²) in [5, 5.41) is 0.902. The number of fused-ring (bicyclic) bond motifs is 2. The summed E-state index contributed by atoms with van der Waals surface area (Å²) in [5.41, 5.74) is 1.33. The topological polar surface area (TPSA) is 20.3 Å². The molecule has 2 heterocycles. The van der Waals surface area contributed by atoms with Crippen LogP contribution in [0.5, 0.6) is 0 Å². The number of rotatable bonds is 2. The van der Waals surface area contributed by atoms with Crippen molar-refractivity contribution in [2.45, 2.75) is 25.8 Å². The molecule has 0 unspecified atom stereocenters. The van der Waals surface area contributed by atoms with Gasteiger partial charge in [-0.05, 0) is 37.3 Å². The van der Waals surface area contributed by atoms with Gasteiger partial charge in [0.1, 0.15) is 0 Å². The summed E-state index contributed by atoms with van der Waals surface area (Å²) in [6, 6.07) is 8.02. The van der Waals surface area contributed by atoms with Crippen LogP contribution in [0.15, 0.2) is 29.1 Å². The van der Waals surface area contributed by atoms with E-state index in [9.17, 15) is 4.79 Å². The van der Waals surface area contributed by atoms with E-state index in [4.69, 9.17) is 0 Å². The Morgan fingerprint density at radius 2 is 2.11 bits per heavy atom. The van der Waals surface area contributed by atoms with Crippen molar-refractivity contribution in [1.29, 1.82) is 0 Å². The first-order valence-electron chi connectivity index (χ1n) is 7.07.